The van der Waals surface area contributed by atoms with Crippen molar-refractivity contribution in [3.63, 3.8) is 0 Å². The van der Waals surface area contributed by atoms with Crippen LogP contribution in [-0.4, -0.2) is 19.4 Å². The van der Waals surface area contributed by atoms with Gasteiger partial charge in [-0.15, -0.1) is 0 Å². The molecule has 0 aliphatic heterocycles. The van der Waals surface area contributed by atoms with Crippen LogP contribution in [0.5, 0.6) is 0 Å². The van der Waals surface area contributed by atoms with Gasteiger partial charge in [-0.25, -0.2) is 17.9 Å². The van der Waals surface area contributed by atoms with Crippen LogP contribution < -0.4 is 10.0 Å². The van der Waals surface area contributed by atoms with Crippen molar-refractivity contribution in [2.75, 3.05) is 0 Å². The van der Waals surface area contributed by atoms with E-state index in [-0.39, 0.29) is 11.4 Å². The predicted molar refractivity (Wildman–Crippen MR) is 84.0 cm³/mol. The fourth-order valence-electron chi connectivity index (χ4n) is 2.08. The van der Waals surface area contributed by atoms with Crippen molar-refractivity contribution in [2.45, 2.75) is 32.2 Å². The minimum Gasteiger partial charge on any atom is -0.362 e. The van der Waals surface area contributed by atoms with Crippen molar-refractivity contribution in [1.29, 1.82) is 0 Å². The van der Waals surface area contributed by atoms with Crippen LogP contribution >= 0.6 is 0 Å². The molecule has 1 heterocycles. The quantitative estimate of drug-likeness (QED) is 0.805. The highest BCUT2D eigenvalue weighted by atomic mass is 32.2. The van der Waals surface area contributed by atoms with E-state index in [1.54, 1.807) is 12.1 Å². The zero-order chi connectivity index (χ0) is 16.3. The molecule has 0 spiro atoms. The smallest absolute Gasteiger partial charge is 0.328 e. The lowest BCUT2D eigenvalue weighted by molar-refractivity contribution is 0.245. The molecule has 0 radical (unpaired) electrons. The monoisotopic (exact) mass is 321 g/mol. The average molecular weight is 321 g/mol. The summed E-state index contributed by atoms with van der Waals surface area (Å²) in [5, 5.41) is 2.54. The van der Waals surface area contributed by atoms with Gasteiger partial charge >= 0.3 is 6.03 Å². The number of nitrogens with one attached hydrogen (secondary N) is 3. The largest absolute Gasteiger partial charge is 0.362 e. The van der Waals surface area contributed by atoms with Crippen molar-refractivity contribution in [2.24, 2.45) is 0 Å². The molecule has 2 rings (SSSR count). The molecule has 1 aromatic carbocycles. The van der Waals surface area contributed by atoms with Gasteiger partial charge in [-0.3, -0.25) is 0 Å². The SMILES string of the molecule is Cc1ccc(S(=O)(=O)NC(=O)NCc2cc(C)[nH]c2C)cc1. The van der Waals surface area contributed by atoms with E-state index in [1.165, 1.54) is 12.1 Å². The molecule has 0 saturated heterocycles. The van der Waals surface area contributed by atoms with Crippen LogP contribution in [0.25, 0.3) is 0 Å². The Labute approximate surface area is 130 Å². The number of hydrogen-bond donors (Lipinski definition) is 3. The van der Waals surface area contributed by atoms with Gasteiger partial charge in [0, 0.05) is 17.9 Å². The third-order valence-corrected chi connectivity index (χ3v) is 4.60. The van der Waals surface area contributed by atoms with E-state index in [4.69, 9.17) is 0 Å². The van der Waals surface area contributed by atoms with E-state index < -0.39 is 16.1 Å². The summed E-state index contributed by atoms with van der Waals surface area (Å²) in [6.45, 7) is 5.92. The number of sulfonamides is 1. The van der Waals surface area contributed by atoms with Crippen molar-refractivity contribution in [3.8, 4) is 0 Å². The summed E-state index contributed by atoms with van der Waals surface area (Å²) in [6.07, 6.45) is 0. The topological polar surface area (TPSA) is 91.1 Å². The molecule has 0 aliphatic rings. The summed E-state index contributed by atoms with van der Waals surface area (Å²) in [5.41, 5.74) is 3.79. The van der Waals surface area contributed by atoms with Crippen LogP contribution in [0.15, 0.2) is 35.2 Å². The number of aryl methyl sites for hydroxylation is 3. The van der Waals surface area contributed by atoms with Crippen LogP contribution in [0.2, 0.25) is 0 Å². The number of urea groups is 1. The Morgan fingerprint density at radius 3 is 2.32 bits per heavy atom. The van der Waals surface area contributed by atoms with Crippen LogP contribution in [0, 0.1) is 20.8 Å². The van der Waals surface area contributed by atoms with Crippen LogP contribution in [0.3, 0.4) is 0 Å². The second-order valence-electron chi connectivity index (χ2n) is 5.20. The van der Waals surface area contributed by atoms with E-state index in [1.807, 2.05) is 31.6 Å². The number of amides is 2. The molecule has 0 saturated carbocycles. The molecule has 7 heteroatoms. The molecule has 0 aliphatic carbocycles. The first-order chi connectivity index (χ1) is 10.3. The maximum absolute atomic E-state index is 12.1. The summed E-state index contributed by atoms with van der Waals surface area (Å²) in [6, 6.07) is 7.44. The lowest BCUT2D eigenvalue weighted by Gasteiger charge is -2.08. The van der Waals surface area contributed by atoms with Crippen LogP contribution in [-0.2, 0) is 16.6 Å². The summed E-state index contributed by atoms with van der Waals surface area (Å²) >= 11 is 0. The number of benzene rings is 1. The van der Waals surface area contributed by atoms with E-state index >= 15 is 0 Å². The fraction of sp³-hybridized carbons (Fsp3) is 0.267. The van der Waals surface area contributed by atoms with Gasteiger partial charge in [0.25, 0.3) is 10.0 Å². The molecule has 0 bridgehead atoms. The second kappa shape index (κ2) is 6.23. The predicted octanol–water partition coefficient (Wildman–Crippen LogP) is 2.13. The van der Waals surface area contributed by atoms with Gasteiger partial charge in [0.05, 0.1) is 4.90 Å². The molecule has 3 N–H and O–H groups in total. The average Bonchev–Trinajstić information content (AvgIpc) is 2.74. The zero-order valence-electron chi connectivity index (χ0n) is 12.7. The Bertz CT molecular complexity index is 777. The number of hydrogen-bond acceptors (Lipinski definition) is 3. The Kier molecular flexibility index (Phi) is 4.56. The Hall–Kier alpha value is -2.28. The molecular formula is C15H19N3O3S. The van der Waals surface area contributed by atoms with Crippen molar-refractivity contribution < 1.29 is 13.2 Å². The lowest BCUT2D eigenvalue weighted by atomic mass is 10.2. The number of H-pyrrole nitrogens is 1. The molecule has 2 amide bonds. The molecule has 6 nitrogen and oxygen atoms in total. The fourth-order valence-corrected chi connectivity index (χ4v) is 3.00. The zero-order valence-corrected chi connectivity index (χ0v) is 13.5. The number of aromatic nitrogens is 1. The third-order valence-electron chi connectivity index (χ3n) is 3.25. The summed E-state index contributed by atoms with van der Waals surface area (Å²) in [4.78, 5) is 15.0. The van der Waals surface area contributed by atoms with Crippen LogP contribution in [0.1, 0.15) is 22.5 Å². The number of rotatable bonds is 4. The highest BCUT2D eigenvalue weighted by Gasteiger charge is 2.17. The van der Waals surface area contributed by atoms with Crippen molar-refractivity contribution >= 4 is 16.1 Å². The Balaban J connectivity index is 1.99. The molecular weight excluding hydrogens is 302 g/mol. The molecule has 2 aromatic rings. The minimum atomic E-state index is -3.86. The molecule has 0 unspecified atom stereocenters. The highest BCUT2D eigenvalue weighted by Crippen LogP contribution is 2.10. The van der Waals surface area contributed by atoms with Crippen LogP contribution in [0.4, 0.5) is 4.79 Å². The first-order valence-corrected chi connectivity index (χ1v) is 8.28. The first-order valence-electron chi connectivity index (χ1n) is 6.80. The Morgan fingerprint density at radius 2 is 1.77 bits per heavy atom. The summed E-state index contributed by atoms with van der Waals surface area (Å²) in [5.74, 6) is 0. The maximum Gasteiger partial charge on any atom is 0.328 e. The molecule has 118 valence electrons. The first kappa shape index (κ1) is 16.1. The van der Waals surface area contributed by atoms with Gasteiger partial charge in [0.15, 0.2) is 0 Å². The molecule has 1 aromatic heterocycles. The second-order valence-corrected chi connectivity index (χ2v) is 6.89. The van der Waals surface area contributed by atoms with E-state index in [0.717, 1.165) is 22.5 Å². The molecule has 22 heavy (non-hydrogen) atoms. The van der Waals surface area contributed by atoms with E-state index in [9.17, 15) is 13.2 Å². The van der Waals surface area contributed by atoms with Gasteiger partial charge in [0.2, 0.25) is 0 Å². The Morgan fingerprint density at radius 1 is 1.14 bits per heavy atom. The van der Waals surface area contributed by atoms with Gasteiger partial charge in [-0.2, -0.15) is 0 Å². The van der Waals surface area contributed by atoms with Gasteiger partial charge in [-0.1, -0.05) is 17.7 Å². The van der Waals surface area contributed by atoms with Crippen molar-refractivity contribution in [3.05, 3.63) is 52.8 Å². The molecule has 0 fully saturated rings. The van der Waals surface area contributed by atoms with Gasteiger partial charge in [-0.05, 0) is 44.5 Å². The lowest BCUT2D eigenvalue weighted by Crippen LogP contribution is -2.39. The van der Waals surface area contributed by atoms with E-state index in [2.05, 4.69) is 10.3 Å². The number of carbonyl (C=O) groups is 1. The third kappa shape index (κ3) is 3.88. The molecule has 0 atom stereocenters. The summed E-state index contributed by atoms with van der Waals surface area (Å²) < 4.78 is 26.1. The number of carbonyl (C=O) groups excluding carboxylic acids is 1. The van der Waals surface area contributed by atoms with Gasteiger partial charge in [0.1, 0.15) is 0 Å². The summed E-state index contributed by atoms with van der Waals surface area (Å²) in [7, 11) is -3.86. The normalized spacial score (nSPS) is 11.2. The number of aromatic amines is 1. The van der Waals surface area contributed by atoms with Gasteiger partial charge < -0.3 is 10.3 Å². The maximum atomic E-state index is 12.1. The minimum absolute atomic E-state index is 0.0573. The highest BCUT2D eigenvalue weighted by molar-refractivity contribution is 7.90. The van der Waals surface area contributed by atoms with E-state index in [0.29, 0.717) is 0 Å². The van der Waals surface area contributed by atoms with Crippen molar-refractivity contribution in [1.82, 2.24) is 15.0 Å². The standard InChI is InChI=1S/C15H19N3O3S/c1-10-4-6-14(7-5-10)22(20,21)18-15(19)16-9-13-8-11(2)17-12(13)3/h4-8,17H,9H2,1-3H3,(H2,16,18,19).